The number of hydrogen-bond donors (Lipinski definition) is 0. The standard InChI is InChI=1S/C43H75N3O16/c1-44(2)13-7-10-40(48)59-30-24-53-18-16-51-22-28-57-38-34-37(36-47)35-39(58-29-23-52-17-19-54-25-31-60-41(49)11-8-14-45(3)4)43(38)62-33-27-56-21-20-55-26-32-61-42(50)12-9-15-46(5)6/h34-36H,7-33H2,1-6H3. The molecule has 1 aromatic rings. The predicted octanol–water partition coefficient (Wildman–Crippen LogP) is 2.39. The fraction of sp³-hybridized carbons (Fsp3) is 0.767. The molecule has 0 aliphatic carbocycles. The molecule has 0 amide bonds. The van der Waals surface area contributed by atoms with Crippen molar-refractivity contribution >= 4 is 24.2 Å². The van der Waals surface area contributed by atoms with Crippen LogP contribution in [0.5, 0.6) is 17.2 Å². The van der Waals surface area contributed by atoms with Gasteiger partial charge in [-0.15, -0.1) is 0 Å². The molecule has 358 valence electrons. The summed E-state index contributed by atoms with van der Waals surface area (Å²) in [5.41, 5.74) is 0.315. The lowest BCUT2D eigenvalue weighted by Crippen LogP contribution is -2.17. The van der Waals surface area contributed by atoms with Gasteiger partial charge in [-0.25, -0.2) is 0 Å². The predicted molar refractivity (Wildman–Crippen MR) is 229 cm³/mol. The Hall–Kier alpha value is -3.66. The molecule has 0 aliphatic heterocycles. The maximum atomic E-state index is 11.9. The van der Waals surface area contributed by atoms with Crippen molar-refractivity contribution in [3.63, 3.8) is 0 Å². The minimum absolute atomic E-state index is 0.135. The van der Waals surface area contributed by atoms with Gasteiger partial charge in [-0.2, -0.15) is 0 Å². The van der Waals surface area contributed by atoms with Crippen molar-refractivity contribution in [3.8, 4) is 17.2 Å². The highest BCUT2D eigenvalue weighted by Crippen LogP contribution is 2.38. The number of rotatable bonds is 43. The van der Waals surface area contributed by atoms with Crippen LogP contribution in [-0.2, 0) is 57.0 Å². The van der Waals surface area contributed by atoms with Gasteiger partial charge in [0, 0.05) is 24.8 Å². The fourth-order valence-corrected chi connectivity index (χ4v) is 5.09. The third kappa shape index (κ3) is 33.9. The van der Waals surface area contributed by atoms with Gasteiger partial charge in [0.05, 0.1) is 79.3 Å². The Morgan fingerprint density at radius 1 is 0.419 bits per heavy atom. The lowest BCUT2D eigenvalue weighted by Gasteiger charge is -2.18. The Kier molecular flexibility index (Phi) is 35.4. The van der Waals surface area contributed by atoms with E-state index in [1.165, 1.54) is 0 Å². The third-order valence-corrected chi connectivity index (χ3v) is 8.17. The molecular formula is C43H75N3O16. The molecule has 0 bridgehead atoms. The van der Waals surface area contributed by atoms with E-state index in [0.29, 0.717) is 70.8 Å². The van der Waals surface area contributed by atoms with Crippen molar-refractivity contribution in [3.05, 3.63) is 17.7 Å². The van der Waals surface area contributed by atoms with Crippen LogP contribution in [-0.4, -0.2) is 220 Å². The molecule has 19 nitrogen and oxygen atoms in total. The van der Waals surface area contributed by atoms with Crippen LogP contribution < -0.4 is 14.2 Å². The van der Waals surface area contributed by atoms with E-state index in [4.69, 9.17) is 56.8 Å². The van der Waals surface area contributed by atoms with Crippen LogP contribution in [0.1, 0.15) is 48.9 Å². The van der Waals surface area contributed by atoms with Crippen molar-refractivity contribution in [2.24, 2.45) is 0 Å². The zero-order valence-corrected chi connectivity index (χ0v) is 38.2. The van der Waals surface area contributed by atoms with Gasteiger partial charge < -0.3 is 71.5 Å². The topological polar surface area (TPSA) is 189 Å². The first-order chi connectivity index (χ1) is 30.0. The molecule has 0 saturated heterocycles. The molecule has 62 heavy (non-hydrogen) atoms. The van der Waals surface area contributed by atoms with Crippen molar-refractivity contribution in [2.45, 2.75) is 38.5 Å². The summed E-state index contributed by atoms with van der Waals surface area (Å²) in [6.07, 6.45) is 4.00. The lowest BCUT2D eigenvalue weighted by atomic mass is 10.2. The minimum atomic E-state index is -0.245. The Morgan fingerprint density at radius 2 is 0.694 bits per heavy atom. The normalized spacial score (nSPS) is 11.3. The van der Waals surface area contributed by atoms with Crippen molar-refractivity contribution < 1.29 is 76.0 Å². The molecular weight excluding hydrogens is 814 g/mol. The number of carbonyl (C=O) groups excluding carboxylic acids is 4. The van der Waals surface area contributed by atoms with E-state index in [1.54, 1.807) is 12.1 Å². The maximum absolute atomic E-state index is 11.9. The highest BCUT2D eigenvalue weighted by atomic mass is 16.6. The second-order valence-electron chi connectivity index (χ2n) is 14.6. The zero-order chi connectivity index (χ0) is 45.5. The smallest absolute Gasteiger partial charge is 0.305 e. The second-order valence-corrected chi connectivity index (χ2v) is 14.6. The summed E-state index contributed by atoms with van der Waals surface area (Å²) in [6.45, 7) is 6.68. The van der Waals surface area contributed by atoms with Gasteiger partial charge in [0.2, 0.25) is 5.75 Å². The number of esters is 3. The van der Waals surface area contributed by atoms with Crippen molar-refractivity contribution in [2.75, 3.05) is 181 Å². The first-order valence-electron chi connectivity index (χ1n) is 21.4. The molecule has 1 aromatic carbocycles. The number of ether oxygens (including phenoxy) is 12. The quantitative estimate of drug-likeness (QED) is 0.0402. The van der Waals surface area contributed by atoms with Crippen LogP contribution in [0.2, 0.25) is 0 Å². The van der Waals surface area contributed by atoms with Crippen LogP contribution in [0.15, 0.2) is 12.1 Å². The van der Waals surface area contributed by atoms with E-state index in [9.17, 15) is 19.2 Å². The van der Waals surface area contributed by atoms with E-state index in [0.717, 1.165) is 38.9 Å². The number of aldehydes is 1. The average molecular weight is 890 g/mol. The fourth-order valence-electron chi connectivity index (χ4n) is 5.09. The van der Waals surface area contributed by atoms with Crippen molar-refractivity contribution in [1.29, 1.82) is 0 Å². The molecule has 0 fully saturated rings. The van der Waals surface area contributed by atoms with Gasteiger partial charge in [0.15, 0.2) is 11.5 Å². The SMILES string of the molecule is CN(C)CCCC(=O)OCCOCCOCCOc1cc(C=O)cc(OCCOCCOCCOC(=O)CCCN(C)C)c1OCCOCCOCCOC(=O)CCCN(C)C. The van der Waals surface area contributed by atoms with Crippen molar-refractivity contribution in [1.82, 2.24) is 14.7 Å². The molecule has 0 aromatic heterocycles. The number of hydrogen-bond acceptors (Lipinski definition) is 19. The third-order valence-electron chi connectivity index (χ3n) is 8.17. The Balaban J connectivity index is 2.53. The van der Waals surface area contributed by atoms with Gasteiger partial charge in [-0.05, 0) is 93.3 Å². The second kappa shape index (κ2) is 39.0. The van der Waals surface area contributed by atoms with E-state index in [-0.39, 0.29) is 114 Å². The van der Waals surface area contributed by atoms with E-state index >= 15 is 0 Å². The zero-order valence-electron chi connectivity index (χ0n) is 38.2. The van der Waals surface area contributed by atoms with E-state index < -0.39 is 0 Å². The highest BCUT2D eigenvalue weighted by molar-refractivity contribution is 5.78. The molecule has 0 aliphatic rings. The Labute approximate surface area is 368 Å². The molecule has 0 spiro atoms. The largest absolute Gasteiger partial charge is 0.487 e. The number of benzene rings is 1. The summed E-state index contributed by atoms with van der Waals surface area (Å²) in [7, 11) is 11.7. The molecule has 0 N–H and O–H groups in total. The van der Waals surface area contributed by atoms with Gasteiger partial charge >= 0.3 is 17.9 Å². The molecule has 0 saturated carbocycles. The summed E-state index contributed by atoms with van der Waals surface area (Å²) in [5, 5.41) is 0. The lowest BCUT2D eigenvalue weighted by molar-refractivity contribution is -0.146. The van der Waals surface area contributed by atoms with Crippen LogP contribution in [0, 0.1) is 0 Å². The maximum Gasteiger partial charge on any atom is 0.305 e. The Bertz CT molecular complexity index is 1240. The molecule has 1 rings (SSSR count). The summed E-state index contributed by atoms with van der Waals surface area (Å²) in [6, 6.07) is 3.11. The minimum Gasteiger partial charge on any atom is -0.487 e. The number of carbonyl (C=O) groups is 4. The summed E-state index contributed by atoms with van der Waals surface area (Å²) in [5.74, 6) is 0.108. The Morgan fingerprint density at radius 3 is 0.984 bits per heavy atom. The van der Waals surface area contributed by atoms with E-state index in [1.807, 2.05) is 57.0 Å². The first-order valence-corrected chi connectivity index (χ1v) is 21.4. The first kappa shape index (κ1) is 56.4. The average Bonchev–Trinajstić information content (AvgIpc) is 3.22. The van der Waals surface area contributed by atoms with Crippen LogP contribution in [0.25, 0.3) is 0 Å². The molecule has 0 unspecified atom stereocenters. The number of nitrogens with zero attached hydrogens (tertiary/aromatic N) is 3. The molecule has 0 heterocycles. The van der Waals surface area contributed by atoms with Crippen LogP contribution >= 0.6 is 0 Å². The van der Waals surface area contributed by atoms with Gasteiger partial charge in [-0.1, -0.05) is 0 Å². The van der Waals surface area contributed by atoms with Gasteiger partial charge in [-0.3, -0.25) is 19.2 Å². The highest BCUT2D eigenvalue weighted by Gasteiger charge is 2.16. The molecule has 0 radical (unpaired) electrons. The summed E-state index contributed by atoms with van der Waals surface area (Å²) < 4.78 is 67.0. The molecule has 19 heteroatoms. The monoisotopic (exact) mass is 890 g/mol. The van der Waals surface area contributed by atoms with E-state index in [2.05, 4.69) is 0 Å². The molecule has 0 atom stereocenters. The van der Waals surface area contributed by atoms with Gasteiger partial charge in [0.25, 0.3) is 0 Å². The summed E-state index contributed by atoms with van der Waals surface area (Å²) >= 11 is 0. The van der Waals surface area contributed by atoms with Gasteiger partial charge in [0.1, 0.15) is 45.9 Å². The van der Waals surface area contributed by atoms with Crippen LogP contribution in [0.3, 0.4) is 0 Å². The van der Waals surface area contributed by atoms with Crippen LogP contribution in [0.4, 0.5) is 0 Å². The summed E-state index contributed by atoms with van der Waals surface area (Å²) in [4.78, 5) is 53.3.